The summed E-state index contributed by atoms with van der Waals surface area (Å²) in [4.78, 5) is 27.0. The number of anilines is 1. The number of rotatable bonds is 3. The molecule has 3 aliphatic rings. The van der Waals surface area contributed by atoms with E-state index < -0.39 is 0 Å². The van der Waals surface area contributed by atoms with E-state index in [1.165, 1.54) is 0 Å². The zero-order chi connectivity index (χ0) is 18.1. The maximum atomic E-state index is 12.6. The third kappa shape index (κ3) is 3.56. The second-order valence-corrected chi connectivity index (χ2v) is 7.69. The van der Waals surface area contributed by atoms with Crippen LogP contribution in [0.1, 0.15) is 38.2 Å². The fourth-order valence-corrected chi connectivity index (χ4v) is 4.22. The van der Waals surface area contributed by atoms with Crippen molar-refractivity contribution in [2.45, 2.75) is 51.2 Å². The van der Waals surface area contributed by atoms with Crippen molar-refractivity contribution in [3.8, 4) is 5.75 Å². The molecule has 0 saturated carbocycles. The number of benzene rings is 1. The molecule has 2 saturated heterocycles. The van der Waals surface area contributed by atoms with Crippen LogP contribution < -0.4 is 15.4 Å². The standard InChI is InChI=1S/C20H27N3O3/c1-13-11-15-12-16(4-5-18(15)26-13)22-19(24)14-6-9-23(10-7-14)20(25)17-3-2-8-21-17/h4-5,12-14,17,21H,2-3,6-11H2,1H3,(H,22,24)/t13?,17-/m0/s1. The van der Waals surface area contributed by atoms with Crippen molar-refractivity contribution in [3.05, 3.63) is 23.8 Å². The lowest BCUT2D eigenvalue weighted by atomic mass is 9.95. The molecule has 0 spiro atoms. The summed E-state index contributed by atoms with van der Waals surface area (Å²) >= 11 is 0. The van der Waals surface area contributed by atoms with Crippen LogP contribution >= 0.6 is 0 Å². The SMILES string of the molecule is CC1Cc2cc(NC(=O)C3CCN(C(=O)[C@@H]4CCCN4)CC3)ccc2O1. The molecule has 1 aromatic carbocycles. The van der Waals surface area contributed by atoms with Crippen molar-refractivity contribution in [1.29, 1.82) is 0 Å². The van der Waals surface area contributed by atoms with Crippen molar-refractivity contribution in [1.82, 2.24) is 10.2 Å². The third-order valence-electron chi connectivity index (χ3n) is 5.70. The van der Waals surface area contributed by atoms with E-state index in [9.17, 15) is 9.59 Å². The van der Waals surface area contributed by atoms with Crippen molar-refractivity contribution >= 4 is 17.5 Å². The number of carbonyl (C=O) groups excluding carboxylic acids is 2. The van der Waals surface area contributed by atoms with Crippen LogP contribution in [-0.4, -0.2) is 48.5 Å². The van der Waals surface area contributed by atoms with Crippen LogP contribution in [0, 0.1) is 5.92 Å². The van der Waals surface area contributed by atoms with Crippen LogP contribution in [-0.2, 0) is 16.0 Å². The molecule has 3 heterocycles. The van der Waals surface area contributed by atoms with E-state index in [1.807, 2.05) is 23.1 Å². The summed E-state index contributed by atoms with van der Waals surface area (Å²) in [5.41, 5.74) is 1.99. The van der Waals surface area contributed by atoms with Gasteiger partial charge in [0.1, 0.15) is 11.9 Å². The second kappa shape index (κ2) is 7.27. The largest absolute Gasteiger partial charge is 0.490 e. The first-order valence-electron chi connectivity index (χ1n) is 9.73. The number of fused-ring (bicyclic) bond motifs is 1. The number of likely N-dealkylation sites (tertiary alicyclic amines) is 1. The van der Waals surface area contributed by atoms with E-state index >= 15 is 0 Å². The van der Waals surface area contributed by atoms with E-state index in [0.717, 1.165) is 55.6 Å². The summed E-state index contributed by atoms with van der Waals surface area (Å²) in [5.74, 6) is 1.15. The van der Waals surface area contributed by atoms with Gasteiger partial charge < -0.3 is 20.3 Å². The number of ether oxygens (including phenoxy) is 1. The first kappa shape index (κ1) is 17.3. The first-order valence-corrected chi connectivity index (χ1v) is 9.73. The maximum absolute atomic E-state index is 12.6. The van der Waals surface area contributed by atoms with Crippen molar-refractivity contribution < 1.29 is 14.3 Å². The van der Waals surface area contributed by atoms with Gasteiger partial charge in [0.2, 0.25) is 11.8 Å². The minimum Gasteiger partial charge on any atom is -0.490 e. The summed E-state index contributed by atoms with van der Waals surface area (Å²) in [6.45, 7) is 4.32. The van der Waals surface area contributed by atoms with Gasteiger partial charge in [0.15, 0.2) is 0 Å². The topological polar surface area (TPSA) is 70.7 Å². The van der Waals surface area contributed by atoms with E-state index in [4.69, 9.17) is 4.74 Å². The Balaban J connectivity index is 1.30. The Morgan fingerprint density at radius 2 is 2.04 bits per heavy atom. The van der Waals surface area contributed by atoms with Crippen LogP contribution in [0.5, 0.6) is 5.75 Å². The molecular formula is C20H27N3O3. The van der Waals surface area contributed by atoms with Crippen molar-refractivity contribution in [2.24, 2.45) is 5.92 Å². The first-order chi connectivity index (χ1) is 12.6. The van der Waals surface area contributed by atoms with Gasteiger partial charge in [-0.05, 0) is 62.9 Å². The molecule has 2 fully saturated rings. The molecule has 6 heteroatoms. The highest BCUT2D eigenvalue weighted by molar-refractivity contribution is 5.93. The molecule has 2 atom stereocenters. The Bertz CT molecular complexity index is 692. The molecule has 0 bridgehead atoms. The molecule has 1 unspecified atom stereocenters. The van der Waals surface area contributed by atoms with E-state index in [-0.39, 0.29) is 29.9 Å². The van der Waals surface area contributed by atoms with Crippen LogP contribution in [0.2, 0.25) is 0 Å². The lowest BCUT2D eigenvalue weighted by Gasteiger charge is -2.33. The van der Waals surface area contributed by atoms with E-state index in [1.54, 1.807) is 0 Å². The van der Waals surface area contributed by atoms with Gasteiger partial charge in [-0.15, -0.1) is 0 Å². The Morgan fingerprint density at radius 1 is 1.23 bits per heavy atom. The van der Waals surface area contributed by atoms with Crippen LogP contribution in [0.3, 0.4) is 0 Å². The average Bonchev–Trinajstić information content (AvgIpc) is 3.29. The van der Waals surface area contributed by atoms with Crippen LogP contribution in [0.15, 0.2) is 18.2 Å². The highest BCUT2D eigenvalue weighted by Gasteiger charge is 2.32. The molecule has 3 aliphatic heterocycles. The lowest BCUT2D eigenvalue weighted by molar-refractivity contribution is -0.136. The average molecular weight is 357 g/mol. The number of amides is 2. The number of hydrogen-bond donors (Lipinski definition) is 2. The lowest BCUT2D eigenvalue weighted by Crippen LogP contribution is -2.48. The zero-order valence-corrected chi connectivity index (χ0v) is 15.3. The minimum absolute atomic E-state index is 0.0172. The smallest absolute Gasteiger partial charge is 0.239 e. The Labute approximate surface area is 154 Å². The molecule has 140 valence electrons. The van der Waals surface area contributed by atoms with Gasteiger partial charge in [0.25, 0.3) is 0 Å². The third-order valence-corrected chi connectivity index (χ3v) is 5.70. The van der Waals surface area contributed by atoms with Crippen LogP contribution in [0.25, 0.3) is 0 Å². The number of nitrogens with one attached hydrogen (secondary N) is 2. The van der Waals surface area contributed by atoms with E-state index in [0.29, 0.717) is 13.1 Å². The molecule has 4 rings (SSSR count). The summed E-state index contributed by atoms with van der Waals surface area (Å²) in [5, 5.41) is 6.31. The zero-order valence-electron chi connectivity index (χ0n) is 15.3. The van der Waals surface area contributed by atoms with E-state index in [2.05, 4.69) is 17.6 Å². The Hall–Kier alpha value is -2.08. The highest BCUT2D eigenvalue weighted by atomic mass is 16.5. The molecular weight excluding hydrogens is 330 g/mol. The number of piperidine rings is 1. The Morgan fingerprint density at radius 3 is 2.77 bits per heavy atom. The predicted octanol–water partition coefficient (Wildman–Crippen LogP) is 1.94. The fraction of sp³-hybridized carbons (Fsp3) is 0.600. The summed E-state index contributed by atoms with van der Waals surface area (Å²) in [6, 6.07) is 5.83. The molecule has 0 aliphatic carbocycles. The van der Waals surface area contributed by atoms with Gasteiger partial charge in [0.05, 0.1) is 6.04 Å². The van der Waals surface area contributed by atoms with Crippen molar-refractivity contribution in [2.75, 3.05) is 25.0 Å². The van der Waals surface area contributed by atoms with Gasteiger partial charge in [-0.25, -0.2) is 0 Å². The fourth-order valence-electron chi connectivity index (χ4n) is 4.22. The molecule has 2 amide bonds. The number of hydrogen-bond acceptors (Lipinski definition) is 4. The summed E-state index contributed by atoms with van der Waals surface area (Å²) < 4.78 is 5.70. The normalized spacial score (nSPS) is 25.7. The van der Waals surface area contributed by atoms with Gasteiger partial charge >= 0.3 is 0 Å². The minimum atomic E-state index is -0.0287. The molecule has 2 N–H and O–H groups in total. The predicted molar refractivity (Wildman–Crippen MR) is 99.2 cm³/mol. The van der Waals surface area contributed by atoms with Crippen molar-refractivity contribution in [3.63, 3.8) is 0 Å². The van der Waals surface area contributed by atoms with Gasteiger partial charge in [-0.1, -0.05) is 0 Å². The van der Waals surface area contributed by atoms with Gasteiger partial charge in [0, 0.05) is 31.1 Å². The molecule has 0 radical (unpaired) electrons. The Kier molecular flexibility index (Phi) is 4.85. The molecule has 1 aromatic rings. The van der Waals surface area contributed by atoms with Crippen LogP contribution in [0.4, 0.5) is 5.69 Å². The second-order valence-electron chi connectivity index (χ2n) is 7.69. The maximum Gasteiger partial charge on any atom is 0.239 e. The summed E-state index contributed by atoms with van der Waals surface area (Å²) in [6.07, 6.45) is 4.55. The monoisotopic (exact) mass is 357 g/mol. The molecule has 6 nitrogen and oxygen atoms in total. The number of carbonyl (C=O) groups is 2. The summed E-state index contributed by atoms with van der Waals surface area (Å²) in [7, 11) is 0. The highest BCUT2D eigenvalue weighted by Crippen LogP contribution is 2.31. The quantitative estimate of drug-likeness (QED) is 0.867. The van der Waals surface area contributed by atoms with Gasteiger partial charge in [-0.2, -0.15) is 0 Å². The van der Waals surface area contributed by atoms with Gasteiger partial charge in [-0.3, -0.25) is 9.59 Å². The molecule has 26 heavy (non-hydrogen) atoms. The number of nitrogens with zero attached hydrogens (tertiary/aromatic N) is 1. The molecule has 0 aromatic heterocycles.